The van der Waals surface area contributed by atoms with Crippen LogP contribution in [0.5, 0.6) is 5.75 Å². The Balaban J connectivity index is 1.78. The molecule has 4 N–H and O–H groups in total. The van der Waals surface area contributed by atoms with Crippen molar-refractivity contribution in [1.82, 2.24) is 5.32 Å². The molecular formula is C15H19FN2O4. The minimum absolute atomic E-state index is 0.0815. The van der Waals surface area contributed by atoms with Gasteiger partial charge in [0.2, 0.25) is 5.91 Å². The molecule has 2 aliphatic rings. The molecule has 1 aromatic carbocycles. The molecule has 2 aliphatic heterocycles. The van der Waals surface area contributed by atoms with E-state index in [4.69, 9.17) is 4.74 Å². The third-order valence-electron chi connectivity index (χ3n) is 4.26. The first kappa shape index (κ1) is 15.2. The number of aliphatic hydroxyl groups is 2. The average Bonchev–Trinajstić information content (AvgIpc) is 2.50. The maximum absolute atomic E-state index is 13.8. The van der Waals surface area contributed by atoms with Crippen molar-refractivity contribution in [2.75, 3.05) is 25.0 Å². The van der Waals surface area contributed by atoms with Crippen LogP contribution < -0.4 is 15.4 Å². The Morgan fingerprint density at radius 2 is 2.23 bits per heavy atom. The minimum Gasteiger partial charge on any atom is -0.490 e. The molecule has 0 saturated carbocycles. The molecule has 2 heterocycles. The van der Waals surface area contributed by atoms with Gasteiger partial charge in [-0.1, -0.05) is 0 Å². The van der Waals surface area contributed by atoms with Gasteiger partial charge in [0, 0.05) is 18.5 Å². The lowest BCUT2D eigenvalue weighted by Crippen LogP contribution is -2.57. The molecule has 0 radical (unpaired) electrons. The van der Waals surface area contributed by atoms with Gasteiger partial charge in [-0.3, -0.25) is 4.79 Å². The molecule has 6 nitrogen and oxygen atoms in total. The number of piperidine rings is 1. The molecule has 0 aromatic heterocycles. The van der Waals surface area contributed by atoms with Gasteiger partial charge in [-0.2, -0.15) is 0 Å². The molecule has 0 bridgehead atoms. The van der Waals surface area contributed by atoms with Gasteiger partial charge in [0.1, 0.15) is 23.8 Å². The van der Waals surface area contributed by atoms with Crippen molar-refractivity contribution in [3.63, 3.8) is 0 Å². The fourth-order valence-electron chi connectivity index (χ4n) is 2.83. The summed E-state index contributed by atoms with van der Waals surface area (Å²) >= 11 is 0. The SMILES string of the molecule is O=C1CCc2c(OCC3(O)CCNCC3O)ccc(F)c2N1. The molecule has 7 heteroatoms. The first-order valence-corrected chi connectivity index (χ1v) is 7.35. The predicted octanol–water partition coefficient (Wildman–Crippen LogP) is 0.174. The highest BCUT2D eigenvalue weighted by Crippen LogP contribution is 2.34. The Labute approximate surface area is 127 Å². The van der Waals surface area contributed by atoms with Crippen molar-refractivity contribution in [2.45, 2.75) is 31.0 Å². The van der Waals surface area contributed by atoms with E-state index >= 15 is 0 Å². The summed E-state index contributed by atoms with van der Waals surface area (Å²) in [5.41, 5.74) is -0.594. The van der Waals surface area contributed by atoms with Crippen LogP contribution in [-0.4, -0.2) is 47.5 Å². The molecule has 1 saturated heterocycles. The first-order chi connectivity index (χ1) is 10.5. The third-order valence-corrected chi connectivity index (χ3v) is 4.26. The summed E-state index contributed by atoms with van der Waals surface area (Å²) in [4.78, 5) is 11.4. The highest BCUT2D eigenvalue weighted by Gasteiger charge is 2.39. The summed E-state index contributed by atoms with van der Waals surface area (Å²) in [6.45, 7) is 0.813. The van der Waals surface area contributed by atoms with Crippen molar-refractivity contribution in [2.24, 2.45) is 0 Å². The van der Waals surface area contributed by atoms with E-state index in [0.717, 1.165) is 0 Å². The van der Waals surface area contributed by atoms with Crippen LogP contribution in [0.3, 0.4) is 0 Å². The van der Waals surface area contributed by atoms with E-state index < -0.39 is 17.5 Å². The molecule has 2 unspecified atom stereocenters. The second-order valence-electron chi connectivity index (χ2n) is 5.81. The van der Waals surface area contributed by atoms with E-state index in [-0.39, 0.29) is 24.6 Å². The zero-order chi connectivity index (χ0) is 15.7. The first-order valence-electron chi connectivity index (χ1n) is 7.35. The van der Waals surface area contributed by atoms with E-state index in [1.807, 2.05) is 0 Å². The Morgan fingerprint density at radius 1 is 1.41 bits per heavy atom. The maximum atomic E-state index is 13.8. The summed E-state index contributed by atoms with van der Waals surface area (Å²) in [6.07, 6.45) is 0.103. The quantitative estimate of drug-likeness (QED) is 0.639. The van der Waals surface area contributed by atoms with Gasteiger partial charge >= 0.3 is 0 Å². The Morgan fingerprint density at radius 3 is 3.00 bits per heavy atom. The van der Waals surface area contributed by atoms with Crippen LogP contribution >= 0.6 is 0 Å². The lowest BCUT2D eigenvalue weighted by molar-refractivity contribution is -0.116. The number of carbonyl (C=O) groups excluding carboxylic acids is 1. The number of aliphatic hydroxyl groups excluding tert-OH is 1. The Hall–Kier alpha value is -1.70. The molecule has 22 heavy (non-hydrogen) atoms. The number of fused-ring (bicyclic) bond motifs is 1. The zero-order valence-electron chi connectivity index (χ0n) is 12.1. The summed E-state index contributed by atoms with van der Waals surface area (Å²) < 4.78 is 19.4. The van der Waals surface area contributed by atoms with Gasteiger partial charge in [0.15, 0.2) is 0 Å². The average molecular weight is 310 g/mol. The zero-order valence-corrected chi connectivity index (χ0v) is 12.1. The van der Waals surface area contributed by atoms with Crippen LogP contribution in [0.4, 0.5) is 10.1 Å². The predicted molar refractivity (Wildman–Crippen MR) is 77.3 cm³/mol. The number of benzene rings is 1. The van der Waals surface area contributed by atoms with E-state index in [1.165, 1.54) is 12.1 Å². The van der Waals surface area contributed by atoms with Crippen LogP contribution in [0.15, 0.2) is 12.1 Å². The number of amides is 1. The van der Waals surface area contributed by atoms with Gasteiger partial charge in [-0.15, -0.1) is 0 Å². The van der Waals surface area contributed by atoms with Gasteiger partial charge in [0.25, 0.3) is 0 Å². The van der Waals surface area contributed by atoms with Crippen molar-refractivity contribution < 1.29 is 24.1 Å². The van der Waals surface area contributed by atoms with Crippen LogP contribution in [0, 0.1) is 5.82 Å². The highest BCUT2D eigenvalue weighted by atomic mass is 19.1. The molecular weight excluding hydrogens is 291 g/mol. The number of anilines is 1. The normalized spacial score (nSPS) is 28.0. The van der Waals surface area contributed by atoms with E-state index in [1.54, 1.807) is 0 Å². The van der Waals surface area contributed by atoms with E-state index in [2.05, 4.69) is 10.6 Å². The van der Waals surface area contributed by atoms with Gasteiger partial charge in [-0.05, 0) is 31.5 Å². The topological polar surface area (TPSA) is 90.8 Å². The second kappa shape index (κ2) is 5.83. The van der Waals surface area contributed by atoms with Crippen molar-refractivity contribution in [3.05, 3.63) is 23.5 Å². The summed E-state index contributed by atoms with van der Waals surface area (Å²) in [7, 11) is 0. The summed E-state index contributed by atoms with van der Waals surface area (Å²) in [5, 5.41) is 25.9. The van der Waals surface area contributed by atoms with Crippen LogP contribution in [-0.2, 0) is 11.2 Å². The number of carbonyl (C=O) groups is 1. The summed E-state index contributed by atoms with van der Waals surface area (Å²) in [5.74, 6) is -0.303. The monoisotopic (exact) mass is 310 g/mol. The van der Waals surface area contributed by atoms with Crippen LogP contribution in [0.1, 0.15) is 18.4 Å². The third kappa shape index (κ3) is 2.79. The smallest absolute Gasteiger partial charge is 0.224 e. The second-order valence-corrected chi connectivity index (χ2v) is 5.81. The van der Waals surface area contributed by atoms with Gasteiger partial charge in [0.05, 0.1) is 11.8 Å². The van der Waals surface area contributed by atoms with Crippen molar-refractivity contribution >= 4 is 11.6 Å². The molecule has 0 spiro atoms. The van der Waals surface area contributed by atoms with Crippen LogP contribution in [0.2, 0.25) is 0 Å². The lowest BCUT2D eigenvalue weighted by atomic mass is 9.90. The van der Waals surface area contributed by atoms with Crippen molar-refractivity contribution in [1.29, 1.82) is 0 Å². The standard InChI is InChI=1S/C15H19FN2O4/c16-10-2-3-11(9-1-4-13(20)18-14(9)10)22-8-15(21)5-6-17-7-12(15)19/h2-3,12,17,19,21H,1,4-8H2,(H,18,20). The number of rotatable bonds is 3. The number of halogens is 1. The maximum Gasteiger partial charge on any atom is 0.224 e. The fourth-order valence-corrected chi connectivity index (χ4v) is 2.83. The molecule has 1 amide bonds. The van der Waals surface area contributed by atoms with E-state index in [9.17, 15) is 19.4 Å². The van der Waals surface area contributed by atoms with Crippen molar-refractivity contribution in [3.8, 4) is 5.75 Å². The number of hydrogen-bond acceptors (Lipinski definition) is 5. The number of nitrogens with one attached hydrogen (secondary N) is 2. The molecule has 3 rings (SSSR count). The van der Waals surface area contributed by atoms with Crippen LogP contribution in [0.25, 0.3) is 0 Å². The minimum atomic E-state index is -1.33. The lowest BCUT2D eigenvalue weighted by Gasteiger charge is -2.37. The summed E-state index contributed by atoms with van der Waals surface area (Å²) in [6, 6.07) is 2.71. The molecule has 1 fully saturated rings. The number of ether oxygens (including phenoxy) is 1. The number of hydrogen-bond donors (Lipinski definition) is 4. The molecule has 120 valence electrons. The number of β-amino-alcohol motifs (C(OH)–C–C–N with tert-alkyl or cyclic N) is 1. The molecule has 2 atom stereocenters. The molecule has 1 aromatic rings. The Kier molecular flexibility index (Phi) is 4.03. The van der Waals surface area contributed by atoms with Gasteiger partial charge in [-0.25, -0.2) is 4.39 Å². The fraction of sp³-hybridized carbons (Fsp3) is 0.533. The van der Waals surface area contributed by atoms with E-state index in [0.29, 0.717) is 37.2 Å². The Bertz CT molecular complexity index is 595. The van der Waals surface area contributed by atoms with Gasteiger partial charge < -0.3 is 25.6 Å². The molecule has 0 aliphatic carbocycles. The highest BCUT2D eigenvalue weighted by molar-refractivity contribution is 5.94. The largest absolute Gasteiger partial charge is 0.490 e.